The van der Waals surface area contributed by atoms with Crippen LogP contribution in [0.2, 0.25) is 0 Å². The summed E-state index contributed by atoms with van der Waals surface area (Å²) in [5.41, 5.74) is 7.31. The van der Waals surface area contributed by atoms with Crippen molar-refractivity contribution in [3.63, 3.8) is 0 Å². The van der Waals surface area contributed by atoms with Crippen LogP contribution >= 0.6 is 0 Å². The van der Waals surface area contributed by atoms with E-state index in [0.717, 1.165) is 34.5 Å². The number of nitrogens with one attached hydrogen (secondary N) is 1. The van der Waals surface area contributed by atoms with Crippen LogP contribution in [-0.4, -0.2) is 18.4 Å². The minimum absolute atomic E-state index is 0.0624. The lowest BCUT2D eigenvalue weighted by atomic mass is 9.67. The molecule has 4 nitrogen and oxygen atoms in total. The highest BCUT2D eigenvalue weighted by Crippen LogP contribution is 2.50. The molecule has 0 bridgehead atoms. The molecule has 0 radical (unpaired) electrons. The van der Waals surface area contributed by atoms with Gasteiger partial charge in [-0.3, -0.25) is 4.79 Å². The molecule has 0 spiro atoms. The van der Waals surface area contributed by atoms with Crippen molar-refractivity contribution >= 4 is 33.5 Å². The molecule has 0 amide bonds. The highest BCUT2D eigenvalue weighted by molar-refractivity contribution is 6.13. The molecular weight excluding hydrogens is 394 g/mol. The second-order valence-electron chi connectivity index (χ2n) is 9.76. The number of allylic oxidation sites excluding steroid dienone is 1. The summed E-state index contributed by atoms with van der Waals surface area (Å²) in [5, 5.41) is 15.0. The number of carbonyl (C=O) groups is 1. The van der Waals surface area contributed by atoms with Crippen LogP contribution in [0, 0.1) is 5.41 Å². The number of benzene rings is 3. The summed E-state index contributed by atoms with van der Waals surface area (Å²) in [6, 6.07) is 22.7. The lowest BCUT2D eigenvalue weighted by Gasteiger charge is -2.40. The zero-order valence-electron chi connectivity index (χ0n) is 18.4. The number of hydrogen-bond acceptors (Lipinski definition) is 4. The molecular formula is C28H25N3O. The number of fused-ring (bicyclic) bond motifs is 4. The molecule has 3 aliphatic rings. The van der Waals surface area contributed by atoms with E-state index in [1.807, 2.05) is 18.2 Å². The lowest BCUT2D eigenvalue weighted by Crippen LogP contribution is -2.39. The van der Waals surface area contributed by atoms with Gasteiger partial charge in [0.1, 0.15) is 0 Å². The fourth-order valence-corrected chi connectivity index (χ4v) is 5.49. The van der Waals surface area contributed by atoms with Crippen molar-refractivity contribution in [1.29, 1.82) is 0 Å². The van der Waals surface area contributed by atoms with Crippen LogP contribution in [0.5, 0.6) is 0 Å². The van der Waals surface area contributed by atoms with E-state index in [1.54, 1.807) is 0 Å². The number of Topliss-reactive ketones (excluding diaryl/α,β-unsaturated/α-hetero) is 1. The molecule has 3 aromatic carbocycles. The SMILES string of the molecule is CC1(C)CC(=O)C2=C(C1)c1c(ccc3ccccc13)NC2C1=C(c2ccccc2)N=NC1. The lowest BCUT2D eigenvalue weighted by molar-refractivity contribution is -0.117. The fraction of sp³-hybridized carbons (Fsp3) is 0.250. The van der Waals surface area contributed by atoms with Crippen LogP contribution in [0.4, 0.5) is 5.69 Å². The highest BCUT2D eigenvalue weighted by atomic mass is 16.1. The van der Waals surface area contributed by atoms with Gasteiger partial charge in [-0.15, -0.1) is 0 Å². The standard InChI is InChI=1S/C28H25N3O/c1-28(2)14-20-24-19-11-7-6-8-17(19)12-13-22(24)30-27(25(20)23(32)15-28)21-16-29-31-26(21)18-9-4-3-5-10-18/h3-13,27,30H,14-16H2,1-2H3. The van der Waals surface area contributed by atoms with Gasteiger partial charge in [-0.1, -0.05) is 74.5 Å². The number of anilines is 1. The molecule has 2 aliphatic heterocycles. The smallest absolute Gasteiger partial charge is 0.162 e. The van der Waals surface area contributed by atoms with Gasteiger partial charge in [-0.2, -0.15) is 10.2 Å². The summed E-state index contributed by atoms with van der Waals surface area (Å²) >= 11 is 0. The highest BCUT2D eigenvalue weighted by Gasteiger charge is 2.42. The Labute approximate surface area is 187 Å². The summed E-state index contributed by atoms with van der Waals surface area (Å²) < 4.78 is 0. The van der Waals surface area contributed by atoms with Crippen molar-refractivity contribution in [3.05, 3.63) is 89.0 Å². The first kappa shape index (κ1) is 19.2. The number of rotatable bonds is 2. The maximum absolute atomic E-state index is 13.6. The summed E-state index contributed by atoms with van der Waals surface area (Å²) in [7, 11) is 0. The summed E-state index contributed by atoms with van der Waals surface area (Å²) in [6.07, 6.45) is 1.45. The second-order valence-corrected chi connectivity index (χ2v) is 9.76. The van der Waals surface area contributed by atoms with Gasteiger partial charge in [0.05, 0.1) is 18.3 Å². The minimum atomic E-state index is -0.201. The number of ketones is 1. The second kappa shape index (κ2) is 6.99. The Balaban J connectivity index is 1.61. The molecule has 0 fully saturated rings. The molecule has 0 saturated carbocycles. The Morgan fingerprint density at radius 1 is 0.938 bits per heavy atom. The Bertz CT molecular complexity index is 1360. The minimum Gasteiger partial charge on any atom is -0.374 e. The van der Waals surface area contributed by atoms with Crippen molar-refractivity contribution < 1.29 is 4.79 Å². The van der Waals surface area contributed by atoms with Gasteiger partial charge in [0.15, 0.2) is 5.78 Å². The predicted molar refractivity (Wildman–Crippen MR) is 129 cm³/mol. The van der Waals surface area contributed by atoms with E-state index in [-0.39, 0.29) is 17.2 Å². The number of nitrogens with zero attached hydrogens (tertiary/aromatic N) is 2. The zero-order valence-corrected chi connectivity index (χ0v) is 18.4. The average molecular weight is 420 g/mol. The molecule has 32 heavy (non-hydrogen) atoms. The molecule has 3 aromatic rings. The molecule has 2 heterocycles. The first-order valence-electron chi connectivity index (χ1n) is 11.2. The Morgan fingerprint density at radius 3 is 2.56 bits per heavy atom. The van der Waals surface area contributed by atoms with Gasteiger partial charge >= 0.3 is 0 Å². The molecule has 6 rings (SSSR count). The van der Waals surface area contributed by atoms with E-state index in [1.165, 1.54) is 21.9 Å². The third kappa shape index (κ3) is 2.94. The third-order valence-electron chi connectivity index (χ3n) is 6.85. The fourth-order valence-electron chi connectivity index (χ4n) is 5.49. The maximum Gasteiger partial charge on any atom is 0.162 e. The zero-order chi connectivity index (χ0) is 21.9. The number of azo groups is 1. The molecule has 1 atom stereocenters. The normalized spacial score (nSPS) is 21.6. The topological polar surface area (TPSA) is 53.8 Å². The van der Waals surface area contributed by atoms with Crippen molar-refractivity contribution in [2.24, 2.45) is 15.6 Å². The molecule has 158 valence electrons. The molecule has 1 aliphatic carbocycles. The third-order valence-corrected chi connectivity index (χ3v) is 6.85. The van der Waals surface area contributed by atoms with Gasteiger partial charge < -0.3 is 5.32 Å². The van der Waals surface area contributed by atoms with E-state index in [9.17, 15) is 4.79 Å². The number of hydrogen-bond donors (Lipinski definition) is 1. The Kier molecular flexibility index (Phi) is 4.19. The van der Waals surface area contributed by atoms with Crippen molar-refractivity contribution in [2.75, 3.05) is 11.9 Å². The van der Waals surface area contributed by atoms with Crippen LogP contribution in [0.3, 0.4) is 0 Å². The van der Waals surface area contributed by atoms with E-state index in [4.69, 9.17) is 0 Å². The first-order chi connectivity index (χ1) is 15.5. The number of carbonyl (C=O) groups excluding carboxylic acids is 1. The molecule has 4 heteroatoms. The summed E-state index contributed by atoms with van der Waals surface area (Å²) in [5.74, 6) is 0.235. The Morgan fingerprint density at radius 2 is 1.72 bits per heavy atom. The largest absolute Gasteiger partial charge is 0.374 e. The van der Waals surface area contributed by atoms with E-state index in [0.29, 0.717) is 13.0 Å². The van der Waals surface area contributed by atoms with Crippen LogP contribution in [0.25, 0.3) is 22.0 Å². The van der Waals surface area contributed by atoms with Crippen molar-refractivity contribution in [1.82, 2.24) is 0 Å². The van der Waals surface area contributed by atoms with E-state index in [2.05, 4.69) is 77.9 Å². The van der Waals surface area contributed by atoms with Crippen LogP contribution in [-0.2, 0) is 4.79 Å². The molecule has 0 aromatic heterocycles. The molecule has 0 saturated heterocycles. The van der Waals surface area contributed by atoms with Gasteiger partial charge in [0.25, 0.3) is 0 Å². The summed E-state index contributed by atoms with van der Waals surface area (Å²) in [6.45, 7) is 4.91. The quantitative estimate of drug-likeness (QED) is 0.505. The van der Waals surface area contributed by atoms with Gasteiger partial charge in [-0.05, 0) is 34.2 Å². The monoisotopic (exact) mass is 419 g/mol. The van der Waals surface area contributed by atoms with E-state index >= 15 is 0 Å². The van der Waals surface area contributed by atoms with Crippen LogP contribution in [0.1, 0.15) is 37.8 Å². The predicted octanol–water partition coefficient (Wildman–Crippen LogP) is 6.65. The van der Waals surface area contributed by atoms with Crippen LogP contribution in [0.15, 0.2) is 88.1 Å². The summed E-state index contributed by atoms with van der Waals surface area (Å²) in [4.78, 5) is 13.6. The molecule has 1 N–H and O–H groups in total. The van der Waals surface area contributed by atoms with Crippen molar-refractivity contribution in [3.8, 4) is 0 Å². The maximum atomic E-state index is 13.6. The van der Waals surface area contributed by atoms with Crippen molar-refractivity contribution in [2.45, 2.75) is 32.7 Å². The molecule has 1 unspecified atom stereocenters. The van der Waals surface area contributed by atoms with E-state index < -0.39 is 0 Å². The first-order valence-corrected chi connectivity index (χ1v) is 11.2. The van der Waals surface area contributed by atoms with Gasteiger partial charge in [-0.25, -0.2) is 0 Å². The van der Waals surface area contributed by atoms with Gasteiger partial charge in [0, 0.05) is 34.4 Å². The Hall–Kier alpha value is -3.53. The average Bonchev–Trinajstić information content (AvgIpc) is 3.27. The van der Waals surface area contributed by atoms with Gasteiger partial charge in [0.2, 0.25) is 0 Å². The van der Waals surface area contributed by atoms with Crippen LogP contribution < -0.4 is 5.32 Å².